The van der Waals surface area contributed by atoms with Crippen LogP contribution in [0.2, 0.25) is 0 Å². The fourth-order valence-corrected chi connectivity index (χ4v) is 4.50. The molecule has 20 heavy (non-hydrogen) atoms. The van der Waals surface area contributed by atoms with Gasteiger partial charge in [0.15, 0.2) is 5.13 Å². The van der Waals surface area contributed by atoms with Crippen LogP contribution in [0.25, 0.3) is 0 Å². The summed E-state index contributed by atoms with van der Waals surface area (Å²) in [7, 11) is 0. The van der Waals surface area contributed by atoms with Crippen LogP contribution in [0, 0.1) is 11.8 Å². The number of thiazole rings is 1. The van der Waals surface area contributed by atoms with E-state index in [2.05, 4.69) is 10.3 Å². The van der Waals surface area contributed by atoms with Crippen LogP contribution in [0.4, 0.5) is 5.13 Å². The van der Waals surface area contributed by atoms with E-state index >= 15 is 0 Å². The molecule has 0 radical (unpaired) electrons. The topological polar surface area (TPSA) is 68.0 Å². The second kappa shape index (κ2) is 6.22. The van der Waals surface area contributed by atoms with Crippen LogP contribution >= 0.6 is 11.3 Å². The summed E-state index contributed by atoms with van der Waals surface area (Å²) in [6.07, 6.45) is 9.14. The van der Waals surface area contributed by atoms with Crippen LogP contribution in [0.3, 0.4) is 0 Å². The lowest BCUT2D eigenvalue weighted by molar-refractivity contribution is -0.120. The third-order valence-electron chi connectivity index (χ3n) is 4.62. The predicted octanol–water partition coefficient (Wildman–Crippen LogP) is 2.73. The van der Waals surface area contributed by atoms with Gasteiger partial charge in [-0.2, -0.15) is 0 Å². The van der Waals surface area contributed by atoms with Gasteiger partial charge >= 0.3 is 0 Å². The zero-order chi connectivity index (χ0) is 13.9. The van der Waals surface area contributed by atoms with Gasteiger partial charge in [0, 0.05) is 10.8 Å². The smallest absolute Gasteiger partial charge is 0.229 e. The van der Waals surface area contributed by atoms with E-state index in [1.54, 1.807) is 11.3 Å². The van der Waals surface area contributed by atoms with E-state index in [-0.39, 0.29) is 11.8 Å². The summed E-state index contributed by atoms with van der Waals surface area (Å²) in [6, 6.07) is 0. The molecule has 1 heterocycles. The molecule has 1 aromatic heterocycles. The number of rotatable bonds is 3. The van der Waals surface area contributed by atoms with Crippen molar-refractivity contribution in [1.29, 1.82) is 0 Å². The van der Waals surface area contributed by atoms with Gasteiger partial charge in [0.25, 0.3) is 0 Å². The SMILES string of the molecule is NC[C@H]1CCC[C@H]1C(=O)Nc1nc2c(s1)CCCCC2. The van der Waals surface area contributed by atoms with E-state index in [4.69, 9.17) is 5.73 Å². The average molecular weight is 293 g/mol. The van der Waals surface area contributed by atoms with E-state index in [1.165, 1.54) is 29.8 Å². The number of aryl methyl sites for hydroxylation is 2. The Labute approximate surface area is 124 Å². The van der Waals surface area contributed by atoms with Gasteiger partial charge in [-0.05, 0) is 51.0 Å². The summed E-state index contributed by atoms with van der Waals surface area (Å²) < 4.78 is 0. The third kappa shape index (κ3) is 2.88. The van der Waals surface area contributed by atoms with Crippen LogP contribution in [-0.2, 0) is 17.6 Å². The number of nitrogens with one attached hydrogen (secondary N) is 1. The maximum atomic E-state index is 12.4. The Hall–Kier alpha value is -0.940. The highest BCUT2D eigenvalue weighted by Crippen LogP contribution is 2.33. The summed E-state index contributed by atoms with van der Waals surface area (Å²) in [5, 5.41) is 3.83. The van der Waals surface area contributed by atoms with Crippen molar-refractivity contribution in [2.75, 3.05) is 11.9 Å². The molecule has 1 saturated carbocycles. The molecule has 3 N–H and O–H groups in total. The fraction of sp³-hybridized carbons (Fsp3) is 0.733. The molecule has 0 aliphatic heterocycles. The molecule has 2 aliphatic rings. The van der Waals surface area contributed by atoms with Gasteiger partial charge in [0.2, 0.25) is 5.91 Å². The number of aromatic nitrogens is 1. The number of fused-ring (bicyclic) bond motifs is 1. The van der Waals surface area contributed by atoms with Gasteiger partial charge in [-0.15, -0.1) is 11.3 Å². The number of hydrogen-bond acceptors (Lipinski definition) is 4. The van der Waals surface area contributed by atoms with Crippen LogP contribution in [-0.4, -0.2) is 17.4 Å². The summed E-state index contributed by atoms with van der Waals surface area (Å²) in [6.45, 7) is 0.618. The molecule has 3 rings (SSSR count). The van der Waals surface area contributed by atoms with Gasteiger partial charge in [-0.25, -0.2) is 4.98 Å². The lowest BCUT2D eigenvalue weighted by Crippen LogP contribution is -2.29. The normalized spacial score (nSPS) is 26.1. The molecule has 1 fully saturated rings. The van der Waals surface area contributed by atoms with Crippen molar-refractivity contribution in [3.8, 4) is 0 Å². The Bertz CT molecular complexity index is 462. The number of hydrogen-bond donors (Lipinski definition) is 2. The quantitative estimate of drug-likeness (QED) is 0.842. The first-order valence-electron chi connectivity index (χ1n) is 7.77. The van der Waals surface area contributed by atoms with E-state index in [0.717, 1.165) is 37.2 Å². The molecule has 0 bridgehead atoms. The van der Waals surface area contributed by atoms with Gasteiger partial charge in [-0.3, -0.25) is 4.79 Å². The second-order valence-corrected chi connectivity index (χ2v) is 7.06. The van der Waals surface area contributed by atoms with E-state index < -0.39 is 0 Å². The number of carbonyl (C=O) groups is 1. The van der Waals surface area contributed by atoms with E-state index in [9.17, 15) is 4.79 Å². The maximum absolute atomic E-state index is 12.4. The summed E-state index contributed by atoms with van der Waals surface area (Å²) in [4.78, 5) is 18.4. The highest BCUT2D eigenvalue weighted by atomic mass is 32.1. The van der Waals surface area contributed by atoms with E-state index in [0.29, 0.717) is 12.5 Å². The number of nitrogens with zero attached hydrogens (tertiary/aromatic N) is 1. The lowest BCUT2D eigenvalue weighted by atomic mass is 9.95. The molecule has 1 amide bonds. The van der Waals surface area contributed by atoms with Crippen molar-refractivity contribution >= 4 is 22.4 Å². The monoisotopic (exact) mass is 293 g/mol. The number of nitrogens with two attached hydrogens (primary N) is 1. The standard InChI is InChI=1S/C15H23N3OS/c16-9-10-5-4-6-11(10)14(19)18-15-17-12-7-2-1-3-8-13(12)20-15/h10-11H,1-9,16H2,(H,17,18,19)/t10-,11-/m1/s1. The number of anilines is 1. The largest absolute Gasteiger partial charge is 0.330 e. The minimum absolute atomic E-state index is 0.0868. The molecule has 110 valence electrons. The zero-order valence-electron chi connectivity index (χ0n) is 11.9. The average Bonchev–Trinajstić information content (AvgIpc) is 3.01. The summed E-state index contributed by atoms with van der Waals surface area (Å²) >= 11 is 1.67. The van der Waals surface area contributed by atoms with Crippen LogP contribution in [0.5, 0.6) is 0 Å². The Morgan fingerprint density at radius 2 is 2.10 bits per heavy atom. The molecule has 0 saturated heterocycles. The van der Waals surface area contributed by atoms with Crippen molar-refractivity contribution in [3.05, 3.63) is 10.6 Å². The lowest BCUT2D eigenvalue weighted by Gasteiger charge is -2.16. The molecule has 4 nitrogen and oxygen atoms in total. The van der Waals surface area contributed by atoms with Crippen molar-refractivity contribution in [2.45, 2.75) is 51.4 Å². The highest BCUT2D eigenvalue weighted by molar-refractivity contribution is 7.15. The molecule has 0 unspecified atom stereocenters. The van der Waals surface area contributed by atoms with Crippen molar-refractivity contribution in [1.82, 2.24) is 4.98 Å². The van der Waals surface area contributed by atoms with Gasteiger partial charge < -0.3 is 11.1 Å². The molecule has 2 aliphatic carbocycles. The van der Waals surface area contributed by atoms with Crippen LogP contribution in [0.1, 0.15) is 49.1 Å². The molecule has 0 aromatic carbocycles. The zero-order valence-corrected chi connectivity index (χ0v) is 12.7. The molecular weight excluding hydrogens is 270 g/mol. The second-order valence-electron chi connectivity index (χ2n) is 5.97. The first-order chi connectivity index (χ1) is 9.78. The van der Waals surface area contributed by atoms with Gasteiger partial charge in [-0.1, -0.05) is 12.8 Å². The third-order valence-corrected chi connectivity index (χ3v) is 5.70. The van der Waals surface area contributed by atoms with Crippen molar-refractivity contribution in [2.24, 2.45) is 17.6 Å². The predicted molar refractivity (Wildman–Crippen MR) is 81.9 cm³/mol. The van der Waals surface area contributed by atoms with Gasteiger partial charge in [0.1, 0.15) is 0 Å². The fourth-order valence-electron chi connectivity index (χ4n) is 3.44. The molecule has 1 aromatic rings. The Kier molecular flexibility index (Phi) is 4.36. The molecule has 0 spiro atoms. The molecular formula is C15H23N3OS. The van der Waals surface area contributed by atoms with Crippen molar-refractivity contribution in [3.63, 3.8) is 0 Å². The van der Waals surface area contributed by atoms with Crippen LogP contribution < -0.4 is 11.1 Å². The first kappa shape index (κ1) is 14.0. The highest BCUT2D eigenvalue weighted by Gasteiger charge is 2.32. The molecule has 5 heteroatoms. The minimum atomic E-state index is 0.0868. The summed E-state index contributed by atoms with van der Waals surface area (Å²) in [5.41, 5.74) is 6.97. The number of amides is 1. The number of carbonyl (C=O) groups excluding carboxylic acids is 1. The minimum Gasteiger partial charge on any atom is -0.330 e. The van der Waals surface area contributed by atoms with Gasteiger partial charge in [0.05, 0.1) is 5.69 Å². The summed E-state index contributed by atoms with van der Waals surface area (Å²) in [5.74, 6) is 0.568. The van der Waals surface area contributed by atoms with E-state index in [1.807, 2.05) is 0 Å². The molecule has 2 atom stereocenters. The van der Waals surface area contributed by atoms with Crippen molar-refractivity contribution < 1.29 is 4.79 Å². The Morgan fingerprint density at radius 3 is 2.95 bits per heavy atom. The Balaban J connectivity index is 1.67. The van der Waals surface area contributed by atoms with Crippen LogP contribution in [0.15, 0.2) is 0 Å². The maximum Gasteiger partial charge on any atom is 0.229 e. The Morgan fingerprint density at radius 1 is 1.25 bits per heavy atom. The first-order valence-corrected chi connectivity index (χ1v) is 8.59.